The van der Waals surface area contributed by atoms with Crippen LogP contribution in [0.3, 0.4) is 0 Å². The lowest BCUT2D eigenvalue weighted by Gasteiger charge is -2.16. The third-order valence-corrected chi connectivity index (χ3v) is 2.89. The number of hydrogen-bond acceptors (Lipinski definition) is 4. The molecule has 2 aromatic heterocycles. The Balaban J connectivity index is 0.00000110. The Morgan fingerprint density at radius 1 is 1.14 bits per heavy atom. The minimum Gasteiger partial charge on any atom is -0.308 e. The average molecular weight is 342 g/mol. The molecule has 0 aliphatic carbocycles. The van der Waals surface area contributed by atoms with Gasteiger partial charge >= 0.3 is 6.18 Å². The van der Waals surface area contributed by atoms with Crippen LogP contribution < -0.4 is 5.32 Å². The van der Waals surface area contributed by atoms with Crippen molar-refractivity contribution in [3.8, 4) is 11.5 Å². The van der Waals surface area contributed by atoms with Crippen molar-refractivity contribution in [1.29, 1.82) is 0 Å². The van der Waals surface area contributed by atoms with Gasteiger partial charge in [0, 0.05) is 13.1 Å². The molecule has 0 saturated carbocycles. The third kappa shape index (κ3) is 3.45. The average Bonchev–Trinajstić information content (AvgIpc) is 2.82. The van der Waals surface area contributed by atoms with Gasteiger partial charge in [0.2, 0.25) is 0 Å². The summed E-state index contributed by atoms with van der Waals surface area (Å²) in [5.41, 5.74) is -0.730. The van der Waals surface area contributed by atoms with E-state index in [1.807, 2.05) is 0 Å². The predicted octanol–water partition coefficient (Wildman–Crippen LogP) is 2.31. The molecule has 116 valence electrons. The van der Waals surface area contributed by atoms with Gasteiger partial charge in [-0.2, -0.15) is 13.2 Å². The summed E-state index contributed by atoms with van der Waals surface area (Å²) in [6.07, 6.45) is -4.46. The Hall–Kier alpha value is -1.38. The second-order valence-electron chi connectivity index (χ2n) is 4.17. The summed E-state index contributed by atoms with van der Waals surface area (Å²) in [5, 5.41) is 11.0. The van der Waals surface area contributed by atoms with Gasteiger partial charge in [-0.3, -0.25) is 0 Å². The molecule has 1 N–H and O–H groups in total. The van der Waals surface area contributed by atoms with Crippen molar-refractivity contribution in [2.75, 3.05) is 6.54 Å². The molecule has 0 amide bonds. The van der Waals surface area contributed by atoms with Crippen LogP contribution in [0.5, 0.6) is 0 Å². The molecule has 0 fully saturated rings. The molecule has 5 nitrogen and oxygen atoms in total. The number of hydrogen-bond donors (Lipinski definition) is 1. The molecule has 3 rings (SSSR count). The number of aromatic nitrogens is 4. The number of alkyl halides is 3. The highest BCUT2D eigenvalue weighted by atomic mass is 35.5. The summed E-state index contributed by atoms with van der Waals surface area (Å²) in [7, 11) is 0. The summed E-state index contributed by atoms with van der Waals surface area (Å²) in [5.74, 6) is 1.09. The van der Waals surface area contributed by atoms with Crippen molar-refractivity contribution >= 4 is 24.8 Å². The van der Waals surface area contributed by atoms with Crippen molar-refractivity contribution < 1.29 is 13.2 Å². The van der Waals surface area contributed by atoms with Gasteiger partial charge in [-0.25, -0.2) is 4.98 Å². The maximum atomic E-state index is 12.6. The zero-order chi connectivity index (χ0) is 13.5. The predicted molar refractivity (Wildman–Crippen MR) is 74.5 cm³/mol. The summed E-state index contributed by atoms with van der Waals surface area (Å²) in [6.45, 7) is 1.92. The first-order valence-corrected chi connectivity index (χ1v) is 5.73. The first-order valence-electron chi connectivity index (χ1n) is 5.73. The monoisotopic (exact) mass is 341 g/mol. The van der Waals surface area contributed by atoms with Crippen LogP contribution in [-0.2, 0) is 19.3 Å². The molecule has 0 spiro atoms. The van der Waals surface area contributed by atoms with Gasteiger partial charge < -0.3 is 9.88 Å². The minimum atomic E-state index is -4.46. The molecule has 0 saturated heterocycles. The van der Waals surface area contributed by atoms with Crippen LogP contribution in [0.1, 0.15) is 11.5 Å². The van der Waals surface area contributed by atoms with E-state index >= 15 is 0 Å². The van der Waals surface area contributed by atoms with Gasteiger partial charge in [-0.05, 0) is 12.1 Å². The number of halogens is 5. The summed E-state index contributed by atoms with van der Waals surface area (Å²) >= 11 is 0. The van der Waals surface area contributed by atoms with Crippen LogP contribution in [0.4, 0.5) is 13.2 Å². The second-order valence-corrected chi connectivity index (χ2v) is 4.17. The topological polar surface area (TPSA) is 55.6 Å². The highest BCUT2D eigenvalue weighted by Crippen LogP contribution is 2.29. The molecule has 0 bridgehead atoms. The Morgan fingerprint density at radius 3 is 2.62 bits per heavy atom. The minimum absolute atomic E-state index is 0. The summed E-state index contributed by atoms with van der Waals surface area (Å²) in [6, 6.07) is 3.78. The van der Waals surface area contributed by atoms with Gasteiger partial charge in [0.25, 0.3) is 0 Å². The quantitative estimate of drug-likeness (QED) is 0.864. The largest absolute Gasteiger partial charge is 0.433 e. The van der Waals surface area contributed by atoms with E-state index in [2.05, 4.69) is 20.5 Å². The van der Waals surface area contributed by atoms with E-state index in [0.29, 0.717) is 24.7 Å². The Morgan fingerprint density at radius 2 is 1.90 bits per heavy atom. The van der Waals surface area contributed by atoms with Crippen LogP contribution in [0.2, 0.25) is 0 Å². The van der Waals surface area contributed by atoms with Gasteiger partial charge in [0.05, 0.1) is 6.54 Å². The molecule has 1 aliphatic rings. The molecule has 21 heavy (non-hydrogen) atoms. The van der Waals surface area contributed by atoms with Gasteiger partial charge in [0.15, 0.2) is 5.82 Å². The van der Waals surface area contributed by atoms with E-state index in [9.17, 15) is 13.2 Å². The fraction of sp³-hybridized carbons (Fsp3) is 0.364. The smallest absolute Gasteiger partial charge is 0.308 e. The SMILES string of the molecule is Cl.Cl.FC(F)(F)c1cccc(-c2nnc3n2CCNC3)n1. The molecule has 10 heteroatoms. The number of rotatable bonds is 1. The first-order chi connectivity index (χ1) is 9.05. The van der Waals surface area contributed by atoms with Crippen LogP contribution in [0.15, 0.2) is 18.2 Å². The molecule has 0 unspecified atom stereocenters. The highest BCUT2D eigenvalue weighted by molar-refractivity contribution is 5.85. The zero-order valence-electron chi connectivity index (χ0n) is 10.6. The van der Waals surface area contributed by atoms with Crippen molar-refractivity contribution in [1.82, 2.24) is 25.1 Å². The fourth-order valence-corrected chi connectivity index (χ4v) is 2.00. The maximum absolute atomic E-state index is 12.6. The lowest BCUT2D eigenvalue weighted by Crippen LogP contribution is -2.28. The standard InChI is InChI=1S/C11H10F3N5.2ClH/c12-11(13,14)8-3-1-2-7(16-8)10-18-17-9-6-15-4-5-19(9)10;;/h1-3,15H,4-6H2;2*1H. The third-order valence-electron chi connectivity index (χ3n) is 2.89. The van der Waals surface area contributed by atoms with Gasteiger partial charge in [0.1, 0.15) is 17.2 Å². The Bertz CT molecular complexity index is 614. The highest BCUT2D eigenvalue weighted by Gasteiger charge is 2.33. The number of pyridine rings is 1. The van der Waals surface area contributed by atoms with Gasteiger partial charge in [-0.15, -0.1) is 35.0 Å². The molecule has 1 aliphatic heterocycles. The van der Waals surface area contributed by atoms with Crippen LogP contribution >= 0.6 is 24.8 Å². The van der Waals surface area contributed by atoms with Crippen LogP contribution in [-0.4, -0.2) is 26.3 Å². The Labute approximate surface area is 130 Å². The normalized spacial score (nSPS) is 13.9. The van der Waals surface area contributed by atoms with E-state index in [1.54, 1.807) is 4.57 Å². The molecular formula is C11H12Cl2F3N5. The number of nitrogens with zero attached hydrogens (tertiary/aromatic N) is 4. The Kier molecular flexibility index (Phi) is 5.54. The van der Waals surface area contributed by atoms with Crippen molar-refractivity contribution in [2.24, 2.45) is 0 Å². The first kappa shape index (κ1) is 17.7. The van der Waals surface area contributed by atoms with Crippen molar-refractivity contribution in [3.05, 3.63) is 29.7 Å². The fourth-order valence-electron chi connectivity index (χ4n) is 2.00. The lowest BCUT2D eigenvalue weighted by atomic mass is 10.2. The van der Waals surface area contributed by atoms with E-state index in [0.717, 1.165) is 12.6 Å². The maximum Gasteiger partial charge on any atom is 0.433 e. The van der Waals surface area contributed by atoms with E-state index in [1.165, 1.54) is 12.1 Å². The zero-order valence-corrected chi connectivity index (χ0v) is 12.2. The van der Waals surface area contributed by atoms with Crippen LogP contribution in [0.25, 0.3) is 11.5 Å². The van der Waals surface area contributed by atoms with E-state index < -0.39 is 11.9 Å². The van der Waals surface area contributed by atoms with Crippen molar-refractivity contribution in [2.45, 2.75) is 19.3 Å². The molecule has 3 heterocycles. The lowest BCUT2D eigenvalue weighted by molar-refractivity contribution is -0.141. The van der Waals surface area contributed by atoms with Crippen LogP contribution in [0, 0.1) is 0 Å². The molecule has 0 aromatic carbocycles. The van der Waals surface area contributed by atoms with Gasteiger partial charge in [-0.1, -0.05) is 6.07 Å². The number of fused-ring (bicyclic) bond motifs is 1. The molecule has 0 radical (unpaired) electrons. The molecule has 2 aromatic rings. The van der Waals surface area contributed by atoms with Crippen molar-refractivity contribution in [3.63, 3.8) is 0 Å². The number of nitrogens with one attached hydrogen (secondary N) is 1. The second kappa shape index (κ2) is 6.59. The summed E-state index contributed by atoms with van der Waals surface area (Å²) in [4.78, 5) is 3.63. The molecular weight excluding hydrogens is 330 g/mol. The van der Waals surface area contributed by atoms with E-state index in [-0.39, 0.29) is 30.5 Å². The molecule has 0 atom stereocenters. The van der Waals surface area contributed by atoms with E-state index in [4.69, 9.17) is 0 Å². The summed E-state index contributed by atoms with van der Waals surface area (Å²) < 4.78 is 39.7.